The van der Waals surface area contributed by atoms with Crippen molar-refractivity contribution in [3.05, 3.63) is 60.4 Å². The van der Waals surface area contributed by atoms with Gasteiger partial charge in [-0.15, -0.1) is 5.10 Å². The molecule has 1 amide bonds. The summed E-state index contributed by atoms with van der Waals surface area (Å²) < 4.78 is 1.53. The quantitative estimate of drug-likeness (QED) is 0.717. The number of tetrazole rings is 1. The maximum Gasteiger partial charge on any atom is 0.271 e. The first-order chi connectivity index (χ1) is 14.0. The van der Waals surface area contributed by atoms with Crippen LogP contribution in [0.3, 0.4) is 0 Å². The molecule has 1 aliphatic heterocycles. The van der Waals surface area contributed by atoms with Gasteiger partial charge in [-0.25, -0.2) is 4.68 Å². The van der Waals surface area contributed by atoms with Crippen molar-refractivity contribution >= 4 is 28.8 Å². The maximum absolute atomic E-state index is 12.8. The van der Waals surface area contributed by atoms with Crippen LogP contribution < -0.4 is 10.3 Å². The Hall–Kier alpha value is -3.88. The first-order valence-corrected chi connectivity index (χ1v) is 9.10. The minimum Gasteiger partial charge on any atom is -0.321 e. The molecule has 1 atom stereocenters. The van der Waals surface area contributed by atoms with E-state index in [2.05, 4.69) is 25.9 Å². The Kier molecular flexibility index (Phi) is 4.86. The molecule has 0 bridgehead atoms. The van der Waals surface area contributed by atoms with Gasteiger partial charge in [-0.05, 0) is 54.1 Å². The molecule has 9 heteroatoms. The van der Waals surface area contributed by atoms with Crippen molar-refractivity contribution in [3.8, 4) is 5.69 Å². The summed E-state index contributed by atoms with van der Waals surface area (Å²) in [7, 11) is 0. The molecule has 0 saturated carbocycles. The van der Waals surface area contributed by atoms with Crippen LogP contribution in [0.25, 0.3) is 5.69 Å². The fraction of sp³-hybridized carbons (Fsp3) is 0.200. The number of nitrogens with zero attached hydrogens (tertiary/aromatic N) is 6. The second-order valence-electron chi connectivity index (χ2n) is 6.77. The molecular formula is C20H19N7O2. The summed E-state index contributed by atoms with van der Waals surface area (Å²) in [5, 5.41) is 20.1. The van der Waals surface area contributed by atoms with Crippen LogP contribution in [0.15, 0.2) is 60.0 Å². The van der Waals surface area contributed by atoms with Crippen molar-refractivity contribution < 1.29 is 9.59 Å². The van der Waals surface area contributed by atoms with Crippen LogP contribution in [0.5, 0.6) is 0 Å². The lowest BCUT2D eigenvalue weighted by molar-refractivity contribution is -0.118. The van der Waals surface area contributed by atoms with Gasteiger partial charge < -0.3 is 5.32 Å². The fourth-order valence-electron chi connectivity index (χ4n) is 3.19. The summed E-state index contributed by atoms with van der Waals surface area (Å²) in [4.78, 5) is 24.9. The molecule has 0 aliphatic carbocycles. The molecule has 1 N–H and O–H groups in total. The van der Waals surface area contributed by atoms with Gasteiger partial charge in [0.25, 0.3) is 5.91 Å². The van der Waals surface area contributed by atoms with Crippen molar-refractivity contribution in [1.29, 1.82) is 0 Å². The third-order valence-electron chi connectivity index (χ3n) is 4.73. The predicted molar refractivity (Wildman–Crippen MR) is 108 cm³/mol. The van der Waals surface area contributed by atoms with E-state index in [4.69, 9.17) is 0 Å². The van der Waals surface area contributed by atoms with Gasteiger partial charge in [0.2, 0.25) is 0 Å². The number of ketones is 1. The predicted octanol–water partition coefficient (Wildman–Crippen LogP) is 2.13. The van der Waals surface area contributed by atoms with Crippen LogP contribution in [0, 0.1) is 6.92 Å². The Morgan fingerprint density at radius 2 is 1.93 bits per heavy atom. The van der Waals surface area contributed by atoms with Gasteiger partial charge >= 0.3 is 0 Å². The van der Waals surface area contributed by atoms with E-state index in [1.807, 2.05) is 43.3 Å². The molecule has 2 aromatic carbocycles. The van der Waals surface area contributed by atoms with Crippen molar-refractivity contribution in [1.82, 2.24) is 20.2 Å². The summed E-state index contributed by atoms with van der Waals surface area (Å²) in [5.41, 5.74) is 3.38. The molecule has 3 aromatic rings. The Labute approximate surface area is 167 Å². The monoisotopic (exact) mass is 389 g/mol. The van der Waals surface area contributed by atoms with Gasteiger partial charge in [-0.2, -0.15) is 5.10 Å². The molecule has 1 unspecified atom stereocenters. The average molecular weight is 389 g/mol. The van der Waals surface area contributed by atoms with Crippen molar-refractivity contribution in [2.75, 3.05) is 10.3 Å². The Balaban J connectivity index is 1.57. The number of aryl methyl sites for hydroxylation is 1. The number of anilines is 2. The summed E-state index contributed by atoms with van der Waals surface area (Å²) in [6.45, 7) is 3.44. The van der Waals surface area contributed by atoms with Gasteiger partial charge in [0.05, 0.1) is 11.4 Å². The van der Waals surface area contributed by atoms with Gasteiger partial charge in [0.1, 0.15) is 18.1 Å². The number of hydrazone groups is 1. The zero-order valence-electron chi connectivity index (χ0n) is 16.0. The number of amides is 1. The van der Waals surface area contributed by atoms with Crippen molar-refractivity contribution in [2.45, 2.75) is 26.3 Å². The summed E-state index contributed by atoms with van der Waals surface area (Å²) in [5.74, 6) is -0.391. The van der Waals surface area contributed by atoms with E-state index in [1.165, 1.54) is 17.9 Å². The lowest BCUT2D eigenvalue weighted by Crippen LogP contribution is -2.33. The molecule has 1 aliphatic rings. The number of para-hydroxylation sites is 1. The minimum absolute atomic E-state index is 0.0447. The number of carbonyl (C=O) groups excluding carboxylic acids is 2. The highest BCUT2D eigenvalue weighted by molar-refractivity contribution is 6.44. The van der Waals surface area contributed by atoms with E-state index in [1.54, 1.807) is 17.1 Å². The average Bonchev–Trinajstić information content (AvgIpc) is 3.40. The Morgan fingerprint density at radius 3 is 2.62 bits per heavy atom. The van der Waals surface area contributed by atoms with E-state index >= 15 is 0 Å². The van der Waals surface area contributed by atoms with E-state index < -0.39 is 6.04 Å². The smallest absolute Gasteiger partial charge is 0.271 e. The molecule has 0 spiro atoms. The number of hydrogen-bond donors (Lipinski definition) is 1. The Morgan fingerprint density at radius 1 is 1.14 bits per heavy atom. The molecule has 2 heterocycles. The first-order valence-electron chi connectivity index (χ1n) is 9.10. The van der Waals surface area contributed by atoms with Gasteiger partial charge in [-0.3, -0.25) is 14.6 Å². The van der Waals surface area contributed by atoms with E-state index in [9.17, 15) is 9.59 Å². The lowest BCUT2D eigenvalue weighted by atomic mass is 10.1. The third kappa shape index (κ3) is 3.75. The second-order valence-corrected chi connectivity index (χ2v) is 6.77. The normalized spacial score (nSPS) is 15.9. The topological polar surface area (TPSA) is 105 Å². The molecule has 4 rings (SSSR count). The highest BCUT2D eigenvalue weighted by atomic mass is 16.2. The van der Waals surface area contributed by atoms with Crippen molar-refractivity contribution in [3.63, 3.8) is 0 Å². The summed E-state index contributed by atoms with van der Waals surface area (Å²) in [6, 6.07) is 14.3. The van der Waals surface area contributed by atoms with Gasteiger partial charge in [-0.1, -0.05) is 24.3 Å². The van der Waals surface area contributed by atoms with Crippen LogP contribution in [0.1, 0.15) is 18.9 Å². The van der Waals surface area contributed by atoms with Crippen LogP contribution in [-0.2, 0) is 9.59 Å². The van der Waals surface area contributed by atoms with Gasteiger partial charge in [0, 0.05) is 12.1 Å². The number of rotatable bonds is 5. The minimum atomic E-state index is -0.493. The first kappa shape index (κ1) is 18.5. The SMILES string of the molecule is CC(=O)C1CC(C(=O)Nc2ccc(C)c(-n3cnnn3)c2)=NN1c1ccccc1. The largest absolute Gasteiger partial charge is 0.321 e. The molecule has 0 saturated heterocycles. The van der Waals surface area contributed by atoms with Gasteiger partial charge in [0.15, 0.2) is 5.78 Å². The number of aromatic nitrogens is 4. The molecule has 1 aromatic heterocycles. The van der Waals surface area contributed by atoms with Crippen LogP contribution >= 0.6 is 0 Å². The second kappa shape index (κ2) is 7.63. The molecule has 146 valence electrons. The fourth-order valence-corrected chi connectivity index (χ4v) is 3.19. The number of nitrogens with one attached hydrogen (secondary N) is 1. The number of hydrogen-bond acceptors (Lipinski definition) is 7. The van der Waals surface area contributed by atoms with E-state index in [-0.39, 0.29) is 18.1 Å². The number of benzene rings is 2. The highest BCUT2D eigenvalue weighted by Gasteiger charge is 2.34. The van der Waals surface area contributed by atoms with Crippen LogP contribution in [-0.4, -0.2) is 43.7 Å². The third-order valence-corrected chi connectivity index (χ3v) is 4.73. The molecule has 0 radical (unpaired) electrons. The van der Waals surface area contributed by atoms with E-state index in [0.717, 1.165) is 16.9 Å². The lowest BCUT2D eigenvalue weighted by Gasteiger charge is -2.20. The Bertz CT molecular complexity index is 1080. The zero-order valence-corrected chi connectivity index (χ0v) is 16.0. The number of carbonyl (C=O) groups is 2. The molecule has 0 fully saturated rings. The van der Waals surface area contributed by atoms with Crippen molar-refractivity contribution in [2.24, 2.45) is 5.10 Å². The van der Waals surface area contributed by atoms with E-state index in [0.29, 0.717) is 11.4 Å². The summed E-state index contributed by atoms with van der Waals surface area (Å²) >= 11 is 0. The molecule has 29 heavy (non-hydrogen) atoms. The highest BCUT2D eigenvalue weighted by Crippen LogP contribution is 2.26. The standard InChI is InChI=1S/C20H19N7O2/c1-13-8-9-15(10-18(13)26-12-21-24-25-26)22-20(29)17-11-19(14(2)28)27(23-17)16-6-4-3-5-7-16/h3-10,12,19H,11H2,1-2H3,(H,22,29). The number of Topliss-reactive ketones (excluding diaryl/α,β-unsaturated/α-hetero) is 1. The van der Waals surface area contributed by atoms with Crippen LogP contribution in [0.4, 0.5) is 11.4 Å². The summed E-state index contributed by atoms with van der Waals surface area (Å²) in [6.07, 6.45) is 1.74. The molecule has 9 nitrogen and oxygen atoms in total. The maximum atomic E-state index is 12.8. The molecular weight excluding hydrogens is 370 g/mol. The zero-order chi connectivity index (χ0) is 20.4. The van der Waals surface area contributed by atoms with Crippen LogP contribution in [0.2, 0.25) is 0 Å².